The maximum Gasteiger partial charge on any atom is 0.416 e. The van der Waals surface area contributed by atoms with Crippen molar-refractivity contribution in [3.63, 3.8) is 0 Å². The Morgan fingerprint density at radius 2 is 1.63 bits per heavy atom. The Kier molecular flexibility index (Phi) is 6.66. The molecule has 0 amide bonds. The molecular formula is C13H20F3N3. The summed E-state index contributed by atoms with van der Waals surface area (Å²) in [5.41, 5.74) is 0.0452. The quantitative estimate of drug-likeness (QED) is 0.504. The fourth-order valence-corrected chi connectivity index (χ4v) is 1.55. The van der Waals surface area contributed by atoms with Gasteiger partial charge < -0.3 is 16.0 Å². The number of rotatable bonds is 8. The smallest absolute Gasteiger partial charge is 0.372 e. The number of hydrogen-bond acceptors (Lipinski definition) is 3. The summed E-state index contributed by atoms with van der Waals surface area (Å²) in [6.45, 7) is 5.38. The summed E-state index contributed by atoms with van der Waals surface area (Å²) in [7, 11) is 0. The number of benzene rings is 1. The van der Waals surface area contributed by atoms with Crippen LogP contribution in [-0.2, 0) is 6.18 Å². The largest absolute Gasteiger partial charge is 0.416 e. The second-order valence-electron chi connectivity index (χ2n) is 4.14. The summed E-state index contributed by atoms with van der Waals surface area (Å²) >= 11 is 0. The third kappa shape index (κ3) is 6.45. The molecule has 0 unspecified atom stereocenters. The van der Waals surface area contributed by atoms with Crippen LogP contribution in [0.25, 0.3) is 0 Å². The summed E-state index contributed by atoms with van der Waals surface area (Å²) in [4.78, 5) is 0. The molecule has 0 saturated heterocycles. The predicted octanol–water partition coefficient (Wildman–Crippen LogP) is 2.66. The van der Waals surface area contributed by atoms with Gasteiger partial charge in [-0.15, -0.1) is 0 Å². The third-order valence-electron chi connectivity index (χ3n) is 2.59. The Bertz CT molecular complexity index is 349. The first kappa shape index (κ1) is 15.8. The molecule has 1 aromatic carbocycles. The minimum atomic E-state index is -4.27. The van der Waals surface area contributed by atoms with E-state index in [0.29, 0.717) is 12.4 Å². The van der Waals surface area contributed by atoms with Crippen LogP contribution in [0.3, 0.4) is 0 Å². The lowest BCUT2D eigenvalue weighted by atomic mass is 10.2. The maximum atomic E-state index is 12.3. The average Bonchev–Trinajstić information content (AvgIpc) is 2.37. The van der Waals surface area contributed by atoms with Crippen molar-refractivity contribution in [3.05, 3.63) is 29.8 Å². The fraction of sp³-hybridized carbons (Fsp3) is 0.538. The van der Waals surface area contributed by atoms with Gasteiger partial charge in [-0.1, -0.05) is 6.92 Å². The molecule has 3 nitrogen and oxygen atoms in total. The van der Waals surface area contributed by atoms with Gasteiger partial charge in [-0.3, -0.25) is 0 Å². The molecular weight excluding hydrogens is 255 g/mol. The standard InChI is InChI=1S/C13H20F3N3/c1-2-17-8-3-9-18-10-19-12-6-4-11(5-7-12)13(14,15)16/h4-7,17-19H,2-3,8-10H2,1H3. The van der Waals surface area contributed by atoms with Gasteiger partial charge >= 0.3 is 6.18 Å². The zero-order valence-electron chi connectivity index (χ0n) is 11.0. The van der Waals surface area contributed by atoms with Gasteiger partial charge in [-0.2, -0.15) is 13.2 Å². The number of hydrogen-bond donors (Lipinski definition) is 3. The van der Waals surface area contributed by atoms with Crippen LogP contribution < -0.4 is 16.0 Å². The van der Waals surface area contributed by atoms with Gasteiger partial charge in [-0.25, -0.2) is 0 Å². The molecule has 1 aromatic rings. The highest BCUT2D eigenvalue weighted by Gasteiger charge is 2.29. The third-order valence-corrected chi connectivity index (χ3v) is 2.59. The summed E-state index contributed by atoms with van der Waals surface area (Å²) in [6, 6.07) is 5.02. The van der Waals surface area contributed by atoms with E-state index in [2.05, 4.69) is 22.9 Å². The van der Waals surface area contributed by atoms with Crippen LogP contribution >= 0.6 is 0 Å². The van der Waals surface area contributed by atoms with Gasteiger partial charge in [0.15, 0.2) is 0 Å². The molecule has 3 N–H and O–H groups in total. The molecule has 0 aliphatic carbocycles. The molecule has 0 aromatic heterocycles. The Balaban J connectivity index is 2.20. The van der Waals surface area contributed by atoms with Crippen LogP contribution in [-0.4, -0.2) is 26.3 Å². The first-order valence-corrected chi connectivity index (χ1v) is 6.36. The van der Waals surface area contributed by atoms with Crippen LogP contribution in [0.15, 0.2) is 24.3 Å². The van der Waals surface area contributed by atoms with Crippen molar-refractivity contribution in [1.82, 2.24) is 10.6 Å². The molecule has 0 radical (unpaired) electrons. The van der Waals surface area contributed by atoms with Crippen LogP contribution in [0.1, 0.15) is 18.9 Å². The van der Waals surface area contributed by atoms with E-state index in [9.17, 15) is 13.2 Å². The van der Waals surface area contributed by atoms with Crippen LogP contribution in [0.2, 0.25) is 0 Å². The van der Waals surface area contributed by atoms with E-state index in [1.165, 1.54) is 12.1 Å². The zero-order valence-corrected chi connectivity index (χ0v) is 11.0. The summed E-state index contributed by atoms with van der Waals surface area (Å²) in [5, 5.41) is 9.39. The minimum absolute atomic E-state index is 0.539. The van der Waals surface area contributed by atoms with E-state index in [-0.39, 0.29) is 0 Å². The van der Waals surface area contributed by atoms with Crippen molar-refractivity contribution in [3.8, 4) is 0 Å². The highest BCUT2D eigenvalue weighted by atomic mass is 19.4. The number of alkyl halides is 3. The topological polar surface area (TPSA) is 36.1 Å². The number of nitrogens with one attached hydrogen (secondary N) is 3. The van der Waals surface area contributed by atoms with Crippen LogP contribution in [0.5, 0.6) is 0 Å². The number of anilines is 1. The lowest BCUT2D eigenvalue weighted by Crippen LogP contribution is -2.26. The molecule has 108 valence electrons. The second kappa shape index (κ2) is 8.01. The first-order chi connectivity index (χ1) is 9.04. The van der Waals surface area contributed by atoms with Crippen LogP contribution in [0, 0.1) is 0 Å². The van der Waals surface area contributed by atoms with E-state index >= 15 is 0 Å². The summed E-state index contributed by atoms with van der Waals surface area (Å²) < 4.78 is 37.0. The van der Waals surface area contributed by atoms with Gasteiger partial charge in [0.05, 0.1) is 12.2 Å². The molecule has 6 heteroatoms. The highest BCUT2D eigenvalue weighted by Crippen LogP contribution is 2.29. The molecule has 0 fully saturated rings. The van der Waals surface area contributed by atoms with E-state index < -0.39 is 11.7 Å². The van der Waals surface area contributed by atoms with Crippen molar-refractivity contribution in [1.29, 1.82) is 0 Å². The maximum absolute atomic E-state index is 12.3. The Labute approximate surface area is 111 Å². The molecule has 0 bridgehead atoms. The van der Waals surface area contributed by atoms with Crippen molar-refractivity contribution in [2.45, 2.75) is 19.5 Å². The van der Waals surface area contributed by atoms with Gasteiger partial charge in [0.1, 0.15) is 0 Å². The monoisotopic (exact) mass is 275 g/mol. The molecule has 0 aliphatic heterocycles. The molecule has 0 atom stereocenters. The zero-order chi connectivity index (χ0) is 14.1. The first-order valence-electron chi connectivity index (χ1n) is 6.36. The Morgan fingerprint density at radius 3 is 2.21 bits per heavy atom. The SMILES string of the molecule is CCNCCCNCNc1ccc(C(F)(F)F)cc1. The van der Waals surface area contributed by atoms with E-state index in [0.717, 1.165) is 38.2 Å². The molecule has 0 saturated carbocycles. The molecule has 0 heterocycles. The molecule has 0 aliphatic rings. The van der Waals surface area contributed by atoms with E-state index in [1.54, 1.807) is 0 Å². The van der Waals surface area contributed by atoms with Crippen molar-refractivity contribution in [2.24, 2.45) is 0 Å². The van der Waals surface area contributed by atoms with Gasteiger partial charge in [0.25, 0.3) is 0 Å². The Hall–Kier alpha value is -1.27. The second-order valence-corrected chi connectivity index (χ2v) is 4.14. The van der Waals surface area contributed by atoms with E-state index in [1.807, 2.05) is 0 Å². The highest BCUT2D eigenvalue weighted by molar-refractivity contribution is 5.44. The van der Waals surface area contributed by atoms with Crippen molar-refractivity contribution >= 4 is 5.69 Å². The van der Waals surface area contributed by atoms with Crippen molar-refractivity contribution in [2.75, 3.05) is 31.6 Å². The van der Waals surface area contributed by atoms with Crippen molar-refractivity contribution < 1.29 is 13.2 Å². The molecule has 19 heavy (non-hydrogen) atoms. The minimum Gasteiger partial charge on any atom is -0.372 e. The summed E-state index contributed by atoms with van der Waals surface area (Å²) in [5.74, 6) is 0. The van der Waals surface area contributed by atoms with Crippen LogP contribution in [0.4, 0.5) is 18.9 Å². The van der Waals surface area contributed by atoms with E-state index in [4.69, 9.17) is 0 Å². The fourth-order valence-electron chi connectivity index (χ4n) is 1.55. The number of halogens is 3. The van der Waals surface area contributed by atoms with Gasteiger partial charge in [-0.05, 0) is 50.3 Å². The summed E-state index contributed by atoms with van der Waals surface area (Å²) in [6.07, 6.45) is -3.26. The van der Waals surface area contributed by atoms with Gasteiger partial charge in [0.2, 0.25) is 0 Å². The molecule has 1 rings (SSSR count). The Morgan fingerprint density at radius 1 is 1.00 bits per heavy atom. The van der Waals surface area contributed by atoms with Gasteiger partial charge in [0, 0.05) is 5.69 Å². The predicted molar refractivity (Wildman–Crippen MR) is 71.1 cm³/mol. The normalized spacial score (nSPS) is 11.6. The average molecular weight is 275 g/mol. The molecule has 0 spiro atoms. The lowest BCUT2D eigenvalue weighted by molar-refractivity contribution is -0.137. The lowest BCUT2D eigenvalue weighted by Gasteiger charge is -2.10.